The summed E-state index contributed by atoms with van der Waals surface area (Å²) in [4.78, 5) is 17.7. The molecule has 2 aromatic rings. The summed E-state index contributed by atoms with van der Waals surface area (Å²) >= 11 is 1.35. The van der Waals surface area contributed by atoms with Crippen molar-refractivity contribution in [3.05, 3.63) is 53.7 Å². The molecule has 2 heterocycles. The number of aromatic nitrogens is 1. The number of rotatable bonds is 4. The Morgan fingerprint density at radius 3 is 2.52 bits per heavy atom. The van der Waals surface area contributed by atoms with Crippen LogP contribution in [-0.4, -0.2) is 60.9 Å². The summed E-state index contributed by atoms with van der Waals surface area (Å²) in [5, 5.41) is 0.597. The number of hydrogen-bond donors (Lipinski definition) is 0. The van der Waals surface area contributed by atoms with Crippen LogP contribution in [0.1, 0.15) is 10.4 Å². The van der Waals surface area contributed by atoms with Crippen molar-refractivity contribution < 1.29 is 22.0 Å². The predicted molar refractivity (Wildman–Crippen MR) is 97.0 cm³/mol. The molecular weight excluding hydrogens is 396 g/mol. The fourth-order valence-electron chi connectivity index (χ4n) is 2.83. The van der Waals surface area contributed by atoms with Gasteiger partial charge in [0.15, 0.2) is 0 Å². The highest BCUT2D eigenvalue weighted by atomic mass is 32.2. The summed E-state index contributed by atoms with van der Waals surface area (Å²) in [5.41, 5.74) is 0.456. The number of thioether (sulfide) groups is 1. The van der Waals surface area contributed by atoms with E-state index in [-0.39, 0.29) is 32.1 Å². The standard InChI is InChI=1S/C17H17F2N3O3S2/c1-26-16-13(3-2-6-20-16)17(23)21-7-9-22(10-8-21)27(24,25)15-11-12(18)4-5-14(15)19/h2-6,11H,7-10H2,1H3. The van der Waals surface area contributed by atoms with Crippen LogP contribution in [0.15, 0.2) is 46.5 Å². The first-order chi connectivity index (χ1) is 12.8. The number of piperazine rings is 1. The minimum Gasteiger partial charge on any atom is -0.336 e. The molecule has 0 bridgehead atoms. The first-order valence-corrected chi connectivity index (χ1v) is 10.7. The Morgan fingerprint density at radius 1 is 1.15 bits per heavy atom. The van der Waals surface area contributed by atoms with Crippen LogP contribution in [-0.2, 0) is 10.0 Å². The molecule has 144 valence electrons. The Morgan fingerprint density at radius 2 is 1.85 bits per heavy atom. The van der Waals surface area contributed by atoms with Gasteiger partial charge < -0.3 is 4.90 Å². The summed E-state index contributed by atoms with van der Waals surface area (Å²) in [6, 6.07) is 5.66. The average molecular weight is 413 g/mol. The lowest BCUT2D eigenvalue weighted by Crippen LogP contribution is -2.50. The second kappa shape index (κ2) is 7.91. The molecule has 1 aliphatic rings. The monoisotopic (exact) mass is 413 g/mol. The van der Waals surface area contributed by atoms with Crippen LogP contribution in [0, 0.1) is 11.6 Å². The van der Waals surface area contributed by atoms with Crippen LogP contribution >= 0.6 is 11.8 Å². The zero-order valence-electron chi connectivity index (χ0n) is 14.4. The Labute approximate surface area is 160 Å². The van der Waals surface area contributed by atoms with Crippen LogP contribution in [0.2, 0.25) is 0 Å². The van der Waals surface area contributed by atoms with Gasteiger partial charge in [-0.05, 0) is 36.6 Å². The van der Waals surface area contributed by atoms with E-state index in [1.807, 2.05) is 6.26 Å². The van der Waals surface area contributed by atoms with Crippen LogP contribution in [0.25, 0.3) is 0 Å². The topological polar surface area (TPSA) is 70.6 Å². The van der Waals surface area contributed by atoms with Crippen molar-refractivity contribution >= 4 is 27.7 Å². The normalized spacial score (nSPS) is 15.7. The molecule has 27 heavy (non-hydrogen) atoms. The maximum atomic E-state index is 13.9. The zero-order chi connectivity index (χ0) is 19.6. The van der Waals surface area contributed by atoms with Gasteiger partial charge in [-0.2, -0.15) is 4.31 Å². The van der Waals surface area contributed by atoms with Crippen molar-refractivity contribution in [2.45, 2.75) is 9.92 Å². The Hall–Kier alpha value is -2.04. The first-order valence-electron chi connectivity index (χ1n) is 8.08. The second-order valence-electron chi connectivity index (χ2n) is 5.83. The van der Waals surface area contributed by atoms with E-state index in [0.717, 1.165) is 16.4 Å². The summed E-state index contributed by atoms with van der Waals surface area (Å²) in [6.07, 6.45) is 3.41. The van der Waals surface area contributed by atoms with Crippen LogP contribution in [0.5, 0.6) is 0 Å². The van der Waals surface area contributed by atoms with Gasteiger partial charge in [-0.25, -0.2) is 22.2 Å². The summed E-state index contributed by atoms with van der Waals surface area (Å²) in [7, 11) is -4.18. The number of halogens is 2. The Balaban J connectivity index is 1.75. The van der Waals surface area contributed by atoms with Gasteiger partial charge >= 0.3 is 0 Å². The molecule has 0 aliphatic carbocycles. The van der Waals surface area contributed by atoms with Crippen molar-refractivity contribution in [1.82, 2.24) is 14.2 Å². The summed E-state index contributed by atoms with van der Waals surface area (Å²) in [6.45, 7) is 0.299. The average Bonchev–Trinajstić information content (AvgIpc) is 2.69. The third-order valence-electron chi connectivity index (χ3n) is 4.23. The van der Waals surface area contributed by atoms with E-state index in [0.29, 0.717) is 16.7 Å². The van der Waals surface area contributed by atoms with E-state index in [4.69, 9.17) is 0 Å². The lowest BCUT2D eigenvalue weighted by molar-refractivity contribution is 0.0693. The van der Waals surface area contributed by atoms with Gasteiger partial charge in [0, 0.05) is 32.4 Å². The van der Waals surface area contributed by atoms with Crippen LogP contribution in [0.4, 0.5) is 8.78 Å². The predicted octanol–water partition coefficient (Wildman–Crippen LogP) is 2.23. The minimum atomic E-state index is -4.18. The molecule has 1 aromatic heterocycles. The first kappa shape index (κ1) is 19.7. The lowest BCUT2D eigenvalue weighted by atomic mass is 10.2. The molecular formula is C17H17F2N3O3S2. The second-order valence-corrected chi connectivity index (χ2v) is 8.53. The van der Waals surface area contributed by atoms with Crippen molar-refractivity contribution in [3.63, 3.8) is 0 Å². The van der Waals surface area contributed by atoms with Gasteiger partial charge in [-0.3, -0.25) is 4.79 Å². The number of benzene rings is 1. The number of hydrogen-bond acceptors (Lipinski definition) is 5. The molecule has 0 atom stereocenters. The Bertz CT molecular complexity index is 962. The quantitative estimate of drug-likeness (QED) is 0.719. The number of pyridine rings is 1. The van der Waals surface area contributed by atoms with Crippen molar-refractivity contribution in [2.75, 3.05) is 32.4 Å². The van der Waals surface area contributed by atoms with Gasteiger partial charge in [0.2, 0.25) is 10.0 Å². The fourth-order valence-corrected chi connectivity index (χ4v) is 4.87. The maximum absolute atomic E-state index is 13.9. The molecule has 0 spiro atoms. The molecule has 6 nitrogen and oxygen atoms in total. The number of nitrogens with zero attached hydrogens (tertiary/aromatic N) is 3. The van der Waals surface area contributed by atoms with Crippen molar-refractivity contribution in [2.24, 2.45) is 0 Å². The molecule has 1 saturated heterocycles. The van der Waals surface area contributed by atoms with E-state index < -0.39 is 26.6 Å². The molecule has 0 N–H and O–H groups in total. The molecule has 1 fully saturated rings. The Kier molecular flexibility index (Phi) is 5.78. The van der Waals surface area contributed by atoms with Gasteiger partial charge in [-0.1, -0.05) is 0 Å². The molecule has 1 aromatic carbocycles. The maximum Gasteiger partial charge on any atom is 0.256 e. The number of sulfonamides is 1. The molecule has 1 amide bonds. The van der Waals surface area contributed by atoms with E-state index in [1.165, 1.54) is 16.7 Å². The van der Waals surface area contributed by atoms with Crippen molar-refractivity contribution in [1.29, 1.82) is 0 Å². The smallest absolute Gasteiger partial charge is 0.256 e. The highest BCUT2D eigenvalue weighted by Crippen LogP contribution is 2.23. The summed E-state index contributed by atoms with van der Waals surface area (Å²) < 4.78 is 53.5. The van der Waals surface area contributed by atoms with Crippen LogP contribution in [0.3, 0.4) is 0 Å². The van der Waals surface area contributed by atoms with Crippen molar-refractivity contribution in [3.8, 4) is 0 Å². The largest absolute Gasteiger partial charge is 0.336 e. The highest BCUT2D eigenvalue weighted by molar-refractivity contribution is 7.98. The molecule has 10 heteroatoms. The molecule has 0 unspecified atom stereocenters. The fraction of sp³-hybridized carbons (Fsp3) is 0.294. The van der Waals surface area contributed by atoms with E-state index in [2.05, 4.69) is 4.98 Å². The third-order valence-corrected chi connectivity index (χ3v) is 6.86. The SMILES string of the molecule is CSc1ncccc1C(=O)N1CCN(S(=O)(=O)c2cc(F)ccc2F)CC1. The minimum absolute atomic E-state index is 0.00110. The lowest BCUT2D eigenvalue weighted by Gasteiger charge is -2.34. The molecule has 0 saturated carbocycles. The molecule has 1 aliphatic heterocycles. The molecule has 3 rings (SSSR count). The number of carbonyl (C=O) groups excluding carboxylic acids is 1. The number of amides is 1. The highest BCUT2D eigenvalue weighted by Gasteiger charge is 2.33. The van der Waals surface area contributed by atoms with Gasteiger partial charge in [0.25, 0.3) is 5.91 Å². The van der Waals surface area contributed by atoms with Crippen LogP contribution < -0.4 is 0 Å². The summed E-state index contributed by atoms with van der Waals surface area (Å²) in [5.74, 6) is -2.07. The third kappa shape index (κ3) is 3.97. The van der Waals surface area contributed by atoms with E-state index >= 15 is 0 Å². The van der Waals surface area contributed by atoms with Gasteiger partial charge in [-0.15, -0.1) is 11.8 Å². The zero-order valence-corrected chi connectivity index (χ0v) is 16.1. The van der Waals surface area contributed by atoms with Gasteiger partial charge in [0.05, 0.1) is 5.56 Å². The van der Waals surface area contributed by atoms with E-state index in [1.54, 1.807) is 18.3 Å². The molecule has 0 radical (unpaired) electrons. The number of carbonyl (C=O) groups is 1. The van der Waals surface area contributed by atoms with E-state index in [9.17, 15) is 22.0 Å². The van der Waals surface area contributed by atoms with Gasteiger partial charge in [0.1, 0.15) is 21.6 Å².